The van der Waals surface area contributed by atoms with Crippen molar-refractivity contribution in [2.45, 2.75) is 39.7 Å². The Morgan fingerprint density at radius 2 is 2.00 bits per heavy atom. The average molecular weight is 242 g/mol. The number of carbonyl (C=O) groups is 1. The molecule has 0 amide bonds. The van der Waals surface area contributed by atoms with Crippen molar-refractivity contribution >= 4 is 5.97 Å². The Morgan fingerprint density at radius 1 is 1.41 bits per heavy atom. The van der Waals surface area contributed by atoms with E-state index < -0.39 is 18.0 Å². The normalized spacial score (nSPS) is 16.8. The molecule has 0 radical (unpaired) electrons. The van der Waals surface area contributed by atoms with Crippen LogP contribution in [0.15, 0.2) is 23.3 Å². The van der Waals surface area contributed by atoms with E-state index in [2.05, 4.69) is 0 Å². The molecule has 0 saturated carbocycles. The maximum atomic E-state index is 10.6. The van der Waals surface area contributed by atoms with E-state index in [1.165, 1.54) is 6.92 Å². The van der Waals surface area contributed by atoms with E-state index in [0.29, 0.717) is 12.8 Å². The Hall–Kier alpha value is -1.13. The molecular weight excluding hydrogens is 220 g/mol. The number of rotatable bonds is 7. The van der Waals surface area contributed by atoms with E-state index in [1.54, 1.807) is 0 Å². The van der Waals surface area contributed by atoms with E-state index in [1.807, 2.05) is 26.0 Å². The number of hydrogen-bond acceptors (Lipinski definition) is 3. The van der Waals surface area contributed by atoms with Gasteiger partial charge in [-0.3, -0.25) is 4.79 Å². The van der Waals surface area contributed by atoms with Crippen LogP contribution < -0.4 is 0 Å². The van der Waals surface area contributed by atoms with Crippen molar-refractivity contribution < 1.29 is 20.1 Å². The van der Waals surface area contributed by atoms with Crippen LogP contribution in [0.3, 0.4) is 0 Å². The third-order valence-electron chi connectivity index (χ3n) is 2.79. The van der Waals surface area contributed by atoms with Crippen molar-refractivity contribution in [3.63, 3.8) is 0 Å². The number of allylic oxidation sites excluding steroid dienone is 2. The van der Waals surface area contributed by atoms with Crippen molar-refractivity contribution in [1.29, 1.82) is 0 Å². The van der Waals surface area contributed by atoms with Gasteiger partial charge in [-0.15, -0.1) is 0 Å². The predicted molar refractivity (Wildman–Crippen MR) is 66.6 cm³/mol. The summed E-state index contributed by atoms with van der Waals surface area (Å²) in [6.45, 7) is 5.23. The highest BCUT2D eigenvalue weighted by Gasteiger charge is 2.20. The van der Waals surface area contributed by atoms with Crippen molar-refractivity contribution in [3.8, 4) is 0 Å². The van der Waals surface area contributed by atoms with Crippen molar-refractivity contribution in [2.75, 3.05) is 6.61 Å². The minimum absolute atomic E-state index is 0.0120. The maximum absolute atomic E-state index is 10.6. The molecule has 2 atom stereocenters. The maximum Gasteiger partial charge on any atom is 0.308 e. The van der Waals surface area contributed by atoms with Gasteiger partial charge in [0.1, 0.15) is 0 Å². The second-order valence-corrected chi connectivity index (χ2v) is 4.25. The highest BCUT2D eigenvalue weighted by molar-refractivity contribution is 5.70. The zero-order valence-electron chi connectivity index (χ0n) is 10.7. The molecule has 0 spiro atoms. The van der Waals surface area contributed by atoms with Gasteiger partial charge in [0.25, 0.3) is 0 Å². The van der Waals surface area contributed by atoms with E-state index in [4.69, 9.17) is 10.2 Å². The van der Waals surface area contributed by atoms with Crippen LogP contribution in [-0.4, -0.2) is 34.0 Å². The zero-order chi connectivity index (χ0) is 13.4. The largest absolute Gasteiger partial charge is 0.481 e. The van der Waals surface area contributed by atoms with E-state index in [-0.39, 0.29) is 6.61 Å². The first-order chi connectivity index (χ1) is 7.92. The number of aliphatic hydroxyl groups is 2. The monoisotopic (exact) mass is 242 g/mol. The SMILES string of the molecule is CC=C(C=C(C)CCC(O)C(C)C(=O)O)CO. The minimum Gasteiger partial charge on any atom is -0.481 e. The van der Waals surface area contributed by atoms with Crippen molar-refractivity contribution in [2.24, 2.45) is 5.92 Å². The van der Waals surface area contributed by atoms with Crippen LogP contribution in [0.25, 0.3) is 0 Å². The molecule has 0 aromatic heterocycles. The van der Waals surface area contributed by atoms with Gasteiger partial charge in [-0.25, -0.2) is 0 Å². The number of carboxylic acids is 1. The van der Waals surface area contributed by atoms with Crippen LogP contribution in [0, 0.1) is 5.92 Å². The standard InChI is InChI=1S/C13H22O4/c1-4-11(8-14)7-9(2)5-6-12(15)10(3)13(16)17/h4,7,10,12,14-15H,5-6,8H2,1-3H3,(H,16,17). The Labute approximate surface area is 102 Å². The van der Waals surface area contributed by atoms with Crippen LogP contribution in [0.2, 0.25) is 0 Å². The number of aliphatic hydroxyl groups excluding tert-OH is 2. The van der Waals surface area contributed by atoms with Gasteiger partial charge in [0.05, 0.1) is 18.6 Å². The summed E-state index contributed by atoms with van der Waals surface area (Å²) >= 11 is 0. The van der Waals surface area contributed by atoms with Gasteiger partial charge >= 0.3 is 5.97 Å². The molecule has 17 heavy (non-hydrogen) atoms. The van der Waals surface area contributed by atoms with Crippen LogP contribution in [0.4, 0.5) is 0 Å². The Balaban J connectivity index is 4.24. The average Bonchev–Trinajstić information content (AvgIpc) is 2.31. The fourth-order valence-corrected chi connectivity index (χ4v) is 1.40. The molecule has 0 bridgehead atoms. The predicted octanol–water partition coefficient (Wildman–Crippen LogP) is 1.73. The Kier molecular flexibility index (Phi) is 7.50. The molecule has 98 valence electrons. The summed E-state index contributed by atoms with van der Waals surface area (Å²) in [5, 5.41) is 27.3. The highest BCUT2D eigenvalue weighted by Crippen LogP contribution is 2.15. The first kappa shape index (κ1) is 15.9. The van der Waals surface area contributed by atoms with Gasteiger partial charge in [0.2, 0.25) is 0 Å². The fraction of sp³-hybridized carbons (Fsp3) is 0.615. The molecule has 0 aliphatic rings. The number of hydrogen-bond donors (Lipinski definition) is 3. The highest BCUT2D eigenvalue weighted by atomic mass is 16.4. The first-order valence-corrected chi connectivity index (χ1v) is 5.76. The molecule has 0 saturated heterocycles. The van der Waals surface area contributed by atoms with Gasteiger partial charge < -0.3 is 15.3 Å². The molecule has 4 nitrogen and oxygen atoms in total. The second kappa shape index (κ2) is 8.03. The molecule has 0 aromatic rings. The minimum atomic E-state index is -0.983. The number of carboxylic acid groups (broad SMARTS) is 1. The van der Waals surface area contributed by atoms with Crippen molar-refractivity contribution in [1.82, 2.24) is 0 Å². The van der Waals surface area contributed by atoms with Gasteiger partial charge in [-0.1, -0.05) is 17.7 Å². The van der Waals surface area contributed by atoms with Crippen LogP contribution >= 0.6 is 0 Å². The summed E-state index contributed by atoms with van der Waals surface area (Å²) in [5.41, 5.74) is 1.84. The molecule has 0 rings (SSSR count). The zero-order valence-corrected chi connectivity index (χ0v) is 10.7. The molecule has 0 aliphatic heterocycles. The molecular formula is C13H22O4. The summed E-state index contributed by atoms with van der Waals surface area (Å²) in [6, 6.07) is 0. The summed E-state index contributed by atoms with van der Waals surface area (Å²) in [7, 11) is 0. The number of aliphatic carboxylic acids is 1. The van der Waals surface area contributed by atoms with Gasteiger partial charge in [0.15, 0.2) is 0 Å². The Bertz CT molecular complexity index is 305. The van der Waals surface area contributed by atoms with Crippen LogP contribution in [-0.2, 0) is 4.79 Å². The van der Waals surface area contributed by atoms with Crippen molar-refractivity contribution in [3.05, 3.63) is 23.3 Å². The lowest BCUT2D eigenvalue weighted by molar-refractivity contribution is -0.144. The Morgan fingerprint density at radius 3 is 2.41 bits per heavy atom. The lowest BCUT2D eigenvalue weighted by Crippen LogP contribution is -2.25. The third kappa shape index (κ3) is 6.24. The van der Waals surface area contributed by atoms with E-state index in [0.717, 1.165) is 11.1 Å². The van der Waals surface area contributed by atoms with Gasteiger partial charge in [-0.2, -0.15) is 0 Å². The summed E-state index contributed by atoms with van der Waals surface area (Å²) in [6.07, 6.45) is 3.88. The summed E-state index contributed by atoms with van der Waals surface area (Å²) in [5.74, 6) is -1.73. The van der Waals surface area contributed by atoms with Crippen LogP contribution in [0.5, 0.6) is 0 Å². The molecule has 0 fully saturated rings. The first-order valence-electron chi connectivity index (χ1n) is 5.76. The molecule has 0 aliphatic carbocycles. The molecule has 4 heteroatoms. The summed E-state index contributed by atoms with van der Waals surface area (Å²) in [4.78, 5) is 10.6. The molecule has 0 heterocycles. The molecule has 3 N–H and O–H groups in total. The second-order valence-electron chi connectivity index (χ2n) is 4.25. The smallest absolute Gasteiger partial charge is 0.308 e. The lowest BCUT2D eigenvalue weighted by atomic mass is 9.98. The topological polar surface area (TPSA) is 77.8 Å². The van der Waals surface area contributed by atoms with E-state index in [9.17, 15) is 9.90 Å². The quantitative estimate of drug-likeness (QED) is 0.594. The fourth-order valence-electron chi connectivity index (χ4n) is 1.40. The van der Waals surface area contributed by atoms with Gasteiger partial charge in [-0.05, 0) is 39.2 Å². The summed E-state index contributed by atoms with van der Waals surface area (Å²) < 4.78 is 0. The van der Waals surface area contributed by atoms with Gasteiger partial charge in [0, 0.05) is 0 Å². The molecule has 2 unspecified atom stereocenters. The third-order valence-corrected chi connectivity index (χ3v) is 2.79. The van der Waals surface area contributed by atoms with E-state index >= 15 is 0 Å². The molecule has 0 aromatic carbocycles. The van der Waals surface area contributed by atoms with Crippen LogP contribution in [0.1, 0.15) is 33.6 Å². The lowest BCUT2D eigenvalue weighted by Gasteiger charge is -2.14.